The smallest absolute Gasteiger partial charge is 0.235 e. The summed E-state index contributed by atoms with van der Waals surface area (Å²) < 4.78 is 0. The summed E-state index contributed by atoms with van der Waals surface area (Å²) in [5.41, 5.74) is 10.7. The third kappa shape index (κ3) is 3.32. The molecule has 0 bridgehead atoms. The Morgan fingerprint density at radius 2 is 2.38 bits per heavy atom. The number of nitrogens with two attached hydrogens (primary N) is 2. The Hall–Kier alpha value is -0.610. The Morgan fingerprint density at radius 3 is 2.92 bits per heavy atom. The Kier molecular flexibility index (Phi) is 3.69. The van der Waals surface area contributed by atoms with Gasteiger partial charge in [-0.25, -0.2) is 0 Å². The molecule has 4 nitrogen and oxygen atoms in total. The normalized spacial score (nSPS) is 27.1. The molecule has 1 aliphatic rings. The summed E-state index contributed by atoms with van der Waals surface area (Å²) in [6, 6.07) is -0.509. The minimum Gasteiger partial charge on any atom is -0.368 e. The molecule has 0 aromatic rings. The van der Waals surface area contributed by atoms with E-state index in [0.717, 1.165) is 13.1 Å². The fourth-order valence-corrected chi connectivity index (χ4v) is 1.82. The van der Waals surface area contributed by atoms with Crippen LogP contribution in [0.25, 0.3) is 0 Å². The molecular weight excluding hydrogens is 166 g/mol. The molecule has 4 N–H and O–H groups in total. The molecular formula is C9H19N3O. The number of likely N-dealkylation sites (tertiary alicyclic amines) is 1. The van der Waals surface area contributed by atoms with Crippen molar-refractivity contribution in [2.75, 3.05) is 19.6 Å². The van der Waals surface area contributed by atoms with Crippen LogP contribution in [0.3, 0.4) is 0 Å². The third-order valence-electron chi connectivity index (χ3n) is 2.56. The average Bonchev–Trinajstić information content (AvgIpc) is 2.04. The van der Waals surface area contributed by atoms with Gasteiger partial charge in [0.2, 0.25) is 5.91 Å². The predicted octanol–water partition coefficient (Wildman–Crippen LogP) is -0.469. The van der Waals surface area contributed by atoms with Gasteiger partial charge in [0.15, 0.2) is 0 Å². The quantitative estimate of drug-likeness (QED) is 0.624. The molecule has 1 amide bonds. The number of carbonyl (C=O) groups excluding carboxylic acids is 1. The molecule has 0 aliphatic carbocycles. The molecule has 2 atom stereocenters. The largest absolute Gasteiger partial charge is 0.368 e. The van der Waals surface area contributed by atoms with Gasteiger partial charge in [-0.05, 0) is 25.3 Å². The summed E-state index contributed by atoms with van der Waals surface area (Å²) in [7, 11) is 0. The second kappa shape index (κ2) is 4.58. The van der Waals surface area contributed by atoms with E-state index in [9.17, 15) is 4.79 Å². The van der Waals surface area contributed by atoms with E-state index in [-0.39, 0.29) is 0 Å². The highest BCUT2D eigenvalue weighted by atomic mass is 16.1. The van der Waals surface area contributed by atoms with E-state index in [1.54, 1.807) is 0 Å². The fourth-order valence-electron chi connectivity index (χ4n) is 1.82. The highest BCUT2D eigenvalue weighted by molar-refractivity contribution is 5.79. The van der Waals surface area contributed by atoms with E-state index >= 15 is 0 Å². The van der Waals surface area contributed by atoms with Gasteiger partial charge < -0.3 is 16.4 Å². The maximum absolute atomic E-state index is 10.7. The Balaban J connectivity index is 2.31. The summed E-state index contributed by atoms with van der Waals surface area (Å²) in [5.74, 6) is 0.312. The minimum atomic E-state index is -0.509. The topological polar surface area (TPSA) is 72.3 Å². The van der Waals surface area contributed by atoms with Crippen LogP contribution < -0.4 is 11.5 Å². The van der Waals surface area contributed by atoms with Crippen LogP contribution in [-0.2, 0) is 4.79 Å². The van der Waals surface area contributed by atoms with Crippen molar-refractivity contribution < 1.29 is 4.79 Å². The number of rotatable bonds is 3. The van der Waals surface area contributed by atoms with Crippen LogP contribution in [0.15, 0.2) is 0 Å². The van der Waals surface area contributed by atoms with Gasteiger partial charge in [0, 0.05) is 13.1 Å². The van der Waals surface area contributed by atoms with Gasteiger partial charge >= 0.3 is 0 Å². The first-order valence-electron chi connectivity index (χ1n) is 4.87. The lowest BCUT2D eigenvalue weighted by Crippen LogP contribution is -2.48. The van der Waals surface area contributed by atoms with Crippen molar-refractivity contribution in [1.82, 2.24) is 4.90 Å². The SMILES string of the molecule is CC1CCCN(CC(N)C(N)=O)C1. The highest BCUT2D eigenvalue weighted by Gasteiger charge is 2.20. The molecule has 76 valence electrons. The summed E-state index contributed by atoms with van der Waals surface area (Å²) >= 11 is 0. The molecule has 13 heavy (non-hydrogen) atoms. The molecule has 0 saturated carbocycles. The van der Waals surface area contributed by atoms with Crippen LogP contribution in [0.5, 0.6) is 0 Å². The highest BCUT2D eigenvalue weighted by Crippen LogP contribution is 2.14. The zero-order valence-corrected chi connectivity index (χ0v) is 8.20. The summed E-state index contributed by atoms with van der Waals surface area (Å²) in [5, 5.41) is 0. The molecule has 4 heteroatoms. The van der Waals surface area contributed by atoms with Gasteiger partial charge in [-0.15, -0.1) is 0 Å². The first-order valence-corrected chi connectivity index (χ1v) is 4.87. The lowest BCUT2D eigenvalue weighted by atomic mass is 10.00. The van der Waals surface area contributed by atoms with Gasteiger partial charge in [0.1, 0.15) is 0 Å². The van der Waals surface area contributed by atoms with Crippen LogP contribution in [0.1, 0.15) is 19.8 Å². The van der Waals surface area contributed by atoms with Crippen LogP contribution in [-0.4, -0.2) is 36.5 Å². The molecule has 1 fully saturated rings. The van der Waals surface area contributed by atoms with Crippen molar-refractivity contribution in [3.8, 4) is 0 Å². The molecule has 1 aliphatic heterocycles. The number of carbonyl (C=O) groups is 1. The first-order chi connectivity index (χ1) is 6.09. The van der Waals surface area contributed by atoms with E-state index in [1.165, 1.54) is 12.8 Å². The molecule has 0 spiro atoms. The number of hydrogen-bond acceptors (Lipinski definition) is 3. The van der Waals surface area contributed by atoms with Crippen molar-refractivity contribution in [1.29, 1.82) is 0 Å². The van der Waals surface area contributed by atoms with Crippen LogP contribution >= 0.6 is 0 Å². The number of primary amides is 1. The second-order valence-electron chi connectivity index (χ2n) is 4.02. The lowest BCUT2D eigenvalue weighted by Gasteiger charge is -2.31. The van der Waals surface area contributed by atoms with E-state index < -0.39 is 11.9 Å². The van der Waals surface area contributed by atoms with Crippen molar-refractivity contribution >= 4 is 5.91 Å². The zero-order chi connectivity index (χ0) is 9.84. The maximum atomic E-state index is 10.7. The van der Waals surface area contributed by atoms with Gasteiger partial charge in [-0.3, -0.25) is 4.79 Å². The van der Waals surface area contributed by atoms with E-state index in [4.69, 9.17) is 11.5 Å². The van der Waals surface area contributed by atoms with Crippen LogP contribution in [0.2, 0.25) is 0 Å². The zero-order valence-electron chi connectivity index (χ0n) is 8.20. The van der Waals surface area contributed by atoms with Gasteiger partial charge in [0.05, 0.1) is 6.04 Å². The Labute approximate surface area is 79.3 Å². The molecule has 1 saturated heterocycles. The van der Waals surface area contributed by atoms with Crippen molar-refractivity contribution in [2.24, 2.45) is 17.4 Å². The fraction of sp³-hybridized carbons (Fsp3) is 0.889. The number of piperidine rings is 1. The van der Waals surface area contributed by atoms with E-state index in [1.807, 2.05) is 0 Å². The monoisotopic (exact) mass is 185 g/mol. The number of hydrogen-bond donors (Lipinski definition) is 2. The number of nitrogens with zero attached hydrogens (tertiary/aromatic N) is 1. The van der Waals surface area contributed by atoms with Crippen molar-refractivity contribution in [3.05, 3.63) is 0 Å². The van der Waals surface area contributed by atoms with E-state index in [0.29, 0.717) is 12.5 Å². The summed E-state index contributed by atoms with van der Waals surface area (Å²) in [6.07, 6.45) is 2.48. The van der Waals surface area contributed by atoms with Crippen molar-refractivity contribution in [2.45, 2.75) is 25.8 Å². The molecule has 0 aromatic heterocycles. The molecule has 0 radical (unpaired) electrons. The third-order valence-corrected chi connectivity index (χ3v) is 2.56. The van der Waals surface area contributed by atoms with Gasteiger partial charge in [-0.2, -0.15) is 0 Å². The molecule has 1 rings (SSSR count). The Bertz CT molecular complexity index is 184. The summed E-state index contributed by atoms with van der Waals surface area (Å²) in [6.45, 7) is 4.92. The summed E-state index contributed by atoms with van der Waals surface area (Å²) in [4.78, 5) is 13.0. The van der Waals surface area contributed by atoms with Gasteiger partial charge in [0.25, 0.3) is 0 Å². The second-order valence-corrected chi connectivity index (χ2v) is 4.02. The number of amides is 1. The molecule has 1 heterocycles. The van der Waals surface area contributed by atoms with Gasteiger partial charge in [-0.1, -0.05) is 6.92 Å². The maximum Gasteiger partial charge on any atom is 0.235 e. The molecule has 2 unspecified atom stereocenters. The average molecular weight is 185 g/mol. The van der Waals surface area contributed by atoms with Crippen LogP contribution in [0.4, 0.5) is 0 Å². The standard InChI is InChI=1S/C9H19N3O/c1-7-3-2-4-12(5-7)6-8(10)9(11)13/h7-8H,2-6,10H2,1H3,(H2,11,13). The van der Waals surface area contributed by atoms with E-state index in [2.05, 4.69) is 11.8 Å². The lowest BCUT2D eigenvalue weighted by molar-refractivity contribution is -0.119. The van der Waals surface area contributed by atoms with Crippen LogP contribution in [0, 0.1) is 5.92 Å². The molecule has 0 aromatic carbocycles. The Morgan fingerprint density at radius 1 is 1.69 bits per heavy atom. The predicted molar refractivity (Wildman–Crippen MR) is 52.0 cm³/mol. The minimum absolute atomic E-state index is 0.404. The van der Waals surface area contributed by atoms with Crippen molar-refractivity contribution in [3.63, 3.8) is 0 Å². The first kappa shape index (κ1) is 10.5.